The average Bonchev–Trinajstić information content (AvgIpc) is 2.29. The van der Waals surface area contributed by atoms with Crippen LogP contribution >= 0.6 is 0 Å². The summed E-state index contributed by atoms with van der Waals surface area (Å²) in [4.78, 5) is 10.7. The fourth-order valence-corrected chi connectivity index (χ4v) is 2.07. The molecule has 0 N–H and O–H groups in total. The van der Waals surface area contributed by atoms with Gasteiger partial charge in [-0.05, 0) is 35.6 Å². The van der Waals surface area contributed by atoms with Gasteiger partial charge in [-0.25, -0.2) is 0 Å². The van der Waals surface area contributed by atoms with Gasteiger partial charge in [0.25, 0.3) is 0 Å². The van der Waals surface area contributed by atoms with Gasteiger partial charge in [-0.15, -0.1) is 4.91 Å². The summed E-state index contributed by atoms with van der Waals surface area (Å²) >= 11 is 0. The number of hydrogen-bond acceptors (Lipinski definition) is 2. The van der Waals surface area contributed by atoms with Crippen LogP contribution in [-0.2, 0) is 0 Å². The average molecular weight is 205 g/mol. The summed E-state index contributed by atoms with van der Waals surface area (Å²) < 4.78 is 0. The SMILES string of the molecule is CCCC(CCC)c1ccccc1N=O. The largest absolute Gasteiger partial charge is 0.145 e. The smallest absolute Gasteiger partial charge is 0.111 e. The third kappa shape index (κ3) is 3.15. The molecule has 0 amide bonds. The first-order valence-corrected chi connectivity index (χ1v) is 5.75. The van der Waals surface area contributed by atoms with Crippen LogP contribution < -0.4 is 0 Å². The third-order valence-corrected chi connectivity index (χ3v) is 2.75. The zero-order valence-corrected chi connectivity index (χ0v) is 9.57. The Morgan fingerprint density at radius 3 is 2.27 bits per heavy atom. The molecule has 0 spiro atoms. The summed E-state index contributed by atoms with van der Waals surface area (Å²) in [5, 5.41) is 3.11. The molecule has 0 bridgehead atoms. The first kappa shape index (κ1) is 11.9. The molecule has 2 heteroatoms. The first-order valence-electron chi connectivity index (χ1n) is 5.75. The van der Waals surface area contributed by atoms with Crippen LogP contribution in [0.4, 0.5) is 5.69 Å². The van der Waals surface area contributed by atoms with Crippen molar-refractivity contribution in [1.82, 2.24) is 0 Å². The molecular formula is C13H19NO. The van der Waals surface area contributed by atoms with E-state index in [-0.39, 0.29) is 0 Å². The number of rotatable bonds is 6. The predicted molar refractivity (Wildman–Crippen MR) is 64.5 cm³/mol. The Bertz CT molecular complexity index is 303. The van der Waals surface area contributed by atoms with Crippen LogP contribution in [0.5, 0.6) is 0 Å². The van der Waals surface area contributed by atoms with Gasteiger partial charge >= 0.3 is 0 Å². The molecule has 0 aromatic heterocycles. The van der Waals surface area contributed by atoms with Crippen molar-refractivity contribution in [2.24, 2.45) is 5.18 Å². The number of nitrogens with zero attached hydrogens (tertiary/aromatic N) is 1. The fraction of sp³-hybridized carbons (Fsp3) is 0.538. The molecule has 0 aliphatic heterocycles. The van der Waals surface area contributed by atoms with Crippen molar-refractivity contribution in [1.29, 1.82) is 0 Å². The van der Waals surface area contributed by atoms with Crippen molar-refractivity contribution < 1.29 is 0 Å². The second kappa shape index (κ2) is 6.33. The van der Waals surface area contributed by atoms with Crippen molar-refractivity contribution in [2.75, 3.05) is 0 Å². The Labute approximate surface area is 91.7 Å². The first-order chi connectivity index (χ1) is 7.33. The third-order valence-electron chi connectivity index (χ3n) is 2.75. The van der Waals surface area contributed by atoms with Crippen LogP contribution in [-0.4, -0.2) is 0 Å². The van der Waals surface area contributed by atoms with E-state index in [1.807, 2.05) is 18.2 Å². The Morgan fingerprint density at radius 2 is 1.73 bits per heavy atom. The minimum absolute atomic E-state index is 0.494. The second-order valence-electron chi connectivity index (χ2n) is 3.92. The predicted octanol–water partition coefficient (Wildman–Crippen LogP) is 4.77. The van der Waals surface area contributed by atoms with Crippen molar-refractivity contribution in [3.63, 3.8) is 0 Å². The van der Waals surface area contributed by atoms with E-state index in [9.17, 15) is 4.91 Å². The van der Waals surface area contributed by atoms with Gasteiger partial charge in [0.1, 0.15) is 5.69 Å². The van der Waals surface area contributed by atoms with Gasteiger partial charge in [0, 0.05) is 0 Å². The molecule has 0 fully saturated rings. The summed E-state index contributed by atoms with van der Waals surface area (Å²) in [7, 11) is 0. The number of benzene rings is 1. The highest BCUT2D eigenvalue weighted by Crippen LogP contribution is 2.33. The molecule has 0 heterocycles. The number of hydrogen-bond donors (Lipinski definition) is 0. The van der Waals surface area contributed by atoms with Gasteiger partial charge in [-0.2, -0.15) is 0 Å². The van der Waals surface area contributed by atoms with E-state index in [0.29, 0.717) is 11.6 Å². The normalized spacial score (nSPS) is 10.6. The van der Waals surface area contributed by atoms with Gasteiger partial charge in [-0.3, -0.25) is 0 Å². The van der Waals surface area contributed by atoms with E-state index >= 15 is 0 Å². The van der Waals surface area contributed by atoms with Crippen molar-refractivity contribution >= 4 is 5.69 Å². The lowest BCUT2D eigenvalue weighted by Gasteiger charge is -2.16. The minimum atomic E-state index is 0.494. The maximum Gasteiger partial charge on any atom is 0.111 e. The molecule has 0 atom stereocenters. The van der Waals surface area contributed by atoms with E-state index in [2.05, 4.69) is 19.0 Å². The van der Waals surface area contributed by atoms with E-state index in [0.717, 1.165) is 31.2 Å². The quantitative estimate of drug-likeness (QED) is 0.615. The Morgan fingerprint density at radius 1 is 1.13 bits per heavy atom. The van der Waals surface area contributed by atoms with Crippen LogP contribution in [0.15, 0.2) is 29.4 Å². The summed E-state index contributed by atoms with van der Waals surface area (Å²) in [6, 6.07) is 7.70. The van der Waals surface area contributed by atoms with Crippen molar-refractivity contribution in [2.45, 2.75) is 45.4 Å². The monoisotopic (exact) mass is 205 g/mol. The van der Waals surface area contributed by atoms with Crippen LogP contribution in [0.25, 0.3) is 0 Å². The topological polar surface area (TPSA) is 29.4 Å². The van der Waals surface area contributed by atoms with Crippen molar-refractivity contribution in [3.8, 4) is 0 Å². The van der Waals surface area contributed by atoms with E-state index in [1.54, 1.807) is 6.07 Å². The Hall–Kier alpha value is -1.18. The molecule has 15 heavy (non-hydrogen) atoms. The molecule has 1 rings (SSSR count). The maximum atomic E-state index is 10.7. The summed E-state index contributed by atoms with van der Waals surface area (Å²) in [5.41, 5.74) is 1.74. The molecule has 0 saturated heterocycles. The van der Waals surface area contributed by atoms with Crippen molar-refractivity contribution in [3.05, 3.63) is 34.7 Å². The molecule has 0 saturated carbocycles. The zero-order valence-electron chi connectivity index (χ0n) is 9.57. The zero-order chi connectivity index (χ0) is 11.1. The summed E-state index contributed by atoms with van der Waals surface area (Å²) in [6.45, 7) is 4.36. The lowest BCUT2D eigenvalue weighted by Crippen LogP contribution is -1.98. The van der Waals surface area contributed by atoms with Crippen LogP contribution in [0, 0.1) is 4.91 Å². The van der Waals surface area contributed by atoms with Crippen LogP contribution in [0.3, 0.4) is 0 Å². The van der Waals surface area contributed by atoms with Crippen LogP contribution in [0.1, 0.15) is 51.0 Å². The molecule has 0 aliphatic rings. The number of nitroso groups, excluding NO2 is 1. The summed E-state index contributed by atoms with van der Waals surface area (Å²) in [5.74, 6) is 0.494. The van der Waals surface area contributed by atoms with E-state index in [4.69, 9.17) is 0 Å². The van der Waals surface area contributed by atoms with Gasteiger partial charge < -0.3 is 0 Å². The van der Waals surface area contributed by atoms with Gasteiger partial charge in [0.15, 0.2) is 0 Å². The Kier molecular flexibility index (Phi) is 5.02. The molecule has 0 aliphatic carbocycles. The molecule has 82 valence electrons. The van der Waals surface area contributed by atoms with E-state index in [1.165, 1.54) is 0 Å². The molecule has 0 radical (unpaired) electrons. The van der Waals surface area contributed by atoms with Gasteiger partial charge in [0.05, 0.1) is 0 Å². The molecular weight excluding hydrogens is 186 g/mol. The second-order valence-corrected chi connectivity index (χ2v) is 3.92. The highest BCUT2D eigenvalue weighted by Gasteiger charge is 2.13. The summed E-state index contributed by atoms with van der Waals surface area (Å²) in [6.07, 6.45) is 4.58. The minimum Gasteiger partial charge on any atom is -0.145 e. The molecule has 0 unspecified atom stereocenters. The Balaban J connectivity index is 2.92. The molecule has 2 nitrogen and oxygen atoms in total. The van der Waals surface area contributed by atoms with Gasteiger partial charge in [0.2, 0.25) is 0 Å². The van der Waals surface area contributed by atoms with E-state index < -0.39 is 0 Å². The maximum absolute atomic E-state index is 10.7. The highest BCUT2D eigenvalue weighted by molar-refractivity contribution is 5.47. The van der Waals surface area contributed by atoms with Gasteiger partial charge in [-0.1, -0.05) is 44.9 Å². The molecule has 1 aromatic rings. The fourth-order valence-electron chi connectivity index (χ4n) is 2.07. The lowest BCUT2D eigenvalue weighted by molar-refractivity contribution is 0.561. The lowest BCUT2D eigenvalue weighted by atomic mass is 9.89. The highest BCUT2D eigenvalue weighted by atomic mass is 16.3. The van der Waals surface area contributed by atoms with Crippen LogP contribution in [0.2, 0.25) is 0 Å². The standard InChI is InChI=1S/C13H19NO/c1-3-7-11(8-4-2)12-9-5-6-10-13(12)14-15/h5-6,9-11H,3-4,7-8H2,1-2H3. The molecule has 1 aromatic carbocycles.